The molecule has 0 fully saturated rings. The Morgan fingerprint density at radius 3 is 2.62 bits per heavy atom. The third-order valence-corrected chi connectivity index (χ3v) is 4.81. The number of ether oxygens (including phenoxy) is 1. The van der Waals surface area contributed by atoms with Gasteiger partial charge in [0, 0.05) is 23.7 Å². The lowest BCUT2D eigenvalue weighted by atomic mass is 10.1. The molecule has 1 aromatic heterocycles. The average molecular weight is 394 g/mol. The lowest BCUT2D eigenvalue weighted by molar-refractivity contribution is -0.116. The predicted molar refractivity (Wildman–Crippen MR) is 114 cm³/mol. The number of benzene rings is 2. The summed E-state index contributed by atoms with van der Waals surface area (Å²) in [6.07, 6.45) is 0.813. The maximum Gasteiger partial charge on any atom is 0.290 e. The summed E-state index contributed by atoms with van der Waals surface area (Å²) in [5.74, 6) is 0.368. The van der Waals surface area contributed by atoms with Crippen LogP contribution in [0.5, 0.6) is 5.75 Å². The highest BCUT2D eigenvalue weighted by Gasteiger charge is 2.23. The molecule has 1 heterocycles. The fourth-order valence-electron chi connectivity index (χ4n) is 3.26. The van der Waals surface area contributed by atoms with Crippen LogP contribution in [-0.2, 0) is 11.2 Å². The number of aryl methyl sites for hydroxylation is 2. The molecule has 6 heteroatoms. The van der Waals surface area contributed by atoms with E-state index >= 15 is 0 Å². The summed E-state index contributed by atoms with van der Waals surface area (Å²) in [5, 5.41) is 3.71. The molecule has 152 valence electrons. The molecule has 0 bridgehead atoms. The second-order valence-corrected chi connectivity index (χ2v) is 6.87. The summed E-state index contributed by atoms with van der Waals surface area (Å²) in [6, 6.07) is 13.1. The van der Waals surface area contributed by atoms with Gasteiger partial charge in [-0.2, -0.15) is 0 Å². The number of fused-ring (bicyclic) bond motifs is 1. The van der Waals surface area contributed by atoms with Crippen LogP contribution in [-0.4, -0.2) is 36.9 Å². The van der Waals surface area contributed by atoms with Crippen LogP contribution in [0.15, 0.2) is 46.9 Å². The predicted octanol–water partition coefficient (Wildman–Crippen LogP) is 4.41. The van der Waals surface area contributed by atoms with Crippen molar-refractivity contribution in [2.45, 2.75) is 27.2 Å². The van der Waals surface area contributed by atoms with Crippen LogP contribution in [0.1, 0.15) is 35.5 Å². The SMILES string of the molecule is CCOc1ccc2oc(C(=O)N(C)CC(=O)Nc3ccccc3CC)c(C)c2c1. The number of nitrogens with one attached hydrogen (secondary N) is 1. The largest absolute Gasteiger partial charge is 0.494 e. The van der Waals surface area contributed by atoms with Gasteiger partial charge in [-0.15, -0.1) is 0 Å². The van der Waals surface area contributed by atoms with Crippen LogP contribution >= 0.6 is 0 Å². The summed E-state index contributed by atoms with van der Waals surface area (Å²) in [6.45, 7) is 6.27. The number of carbonyl (C=O) groups excluding carboxylic acids is 2. The van der Waals surface area contributed by atoms with Gasteiger partial charge in [0.15, 0.2) is 5.76 Å². The third kappa shape index (κ3) is 4.42. The zero-order chi connectivity index (χ0) is 21.0. The van der Waals surface area contributed by atoms with E-state index in [1.165, 1.54) is 4.90 Å². The Bertz CT molecular complexity index is 1040. The minimum atomic E-state index is -0.337. The van der Waals surface area contributed by atoms with E-state index in [0.717, 1.165) is 34.4 Å². The maximum atomic E-state index is 12.9. The number of carbonyl (C=O) groups is 2. The average Bonchev–Trinajstić information content (AvgIpc) is 3.04. The third-order valence-electron chi connectivity index (χ3n) is 4.81. The number of furan rings is 1. The molecular weight excluding hydrogens is 368 g/mol. The first-order valence-corrected chi connectivity index (χ1v) is 9.73. The van der Waals surface area contributed by atoms with Gasteiger partial charge in [0.05, 0.1) is 13.2 Å². The molecule has 0 spiro atoms. The second-order valence-electron chi connectivity index (χ2n) is 6.87. The van der Waals surface area contributed by atoms with Crippen molar-refractivity contribution in [3.8, 4) is 5.75 Å². The number of para-hydroxylation sites is 1. The number of anilines is 1. The Morgan fingerprint density at radius 1 is 1.14 bits per heavy atom. The number of amides is 2. The fourth-order valence-corrected chi connectivity index (χ4v) is 3.26. The summed E-state index contributed by atoms with van der Waals surface area (Å²) in [7, 11) is 1.59. The van der Waals surface area contributed by atoms with E-state index in [9.17, 15) is 9.59 Å². The number of rotatable bonds is 7. The number of hydrogen-bond donors (Lipinski definition) is 1. The van der Waals surface area contributed by atoms with E-state index in [1.54, 1.807) is 13.1 Å². The van der Waals surface area contributed by atoms with E-state index in [4.69, 9.17) is 9.15 Å². The molecule has 0 radical (unpaired) electrons. The zero-order valence-corrected chi connectivity index (χ0v) is 17.2. The Labute approximate surface area is 170 Å². The van der Waals surface area contributed by atoms with Gasteiger partial charge in [0.1, 0.15) is 11.3 Å². The first-order valence-electron chi connectivity index (χ1n) is 9.73. The molecular formula is C23H26N2O4. The Kier molecular flexibility index (Phi) is 6.22. The Hall–Kier alpha value is -3.28. The highest BCUT2D eigenvalue weighted by molar-refractivity contribution is 6.02. The molecule has 3 aromatic rings. The molecule has 0 atom stereocenters. The Morgan fingerprint density at radius 2 is 1.90 bits per heavy atom. The van der Waals surface area contributed by atoms with Gasteiger partial charge in [0.25, 0.3) is 5.91 Å². The molecule has 6 nitrogen and oxygen atoms in total. The summed E-state index contributed by atoms with van der Waals surface area (Å²) in [4.78, 5) is 26.7. The second kappa shape index (κ2) is 8.82. The van der Waals surface area contributed by atoms with E-state index in [2.05, 4.69) is 5.32 Å². The molecule has 0 unspecified atom stereocenters. The van der Waals surface area contributed by atoms with Gasteiger partial charge in [0.2, 0.25) is 5.91 Å². The van der Waals surface area contributed by atoms with Crippen molar-refractivity contribution in [2.24, 2.45) is 0 Å². The summed E-state index contributed by atoms with van der Waals surface area (Å²) in [5.41, 5.74) is 3.16. The molecule has 0 saturated carbocycles. The van der Waals surface area contributed by atoms with Crippen molar-refractivity contribution >= 4 is 28.5 Å². The molecule has 0 saturated heterocycles. The van der Waals surface area contributed by atoms with Crippen LogP contribution in [0.25, 0.3) is 11.0 Å². The van der Waals surface area contributed by atoms with Crippen molar-refractivity contribution in [2.75, 3.05) is 25.5 Å². The lowest BCUT2D eigenvalue weighted by Gasteiger charge is -2.17. The van der Waals surface area contributed by atoms with Crippen LogP contribution in [0.4, 0.5) is 5.69 Å². The van der Waals surface area contributed by atoms with Crippen LogP contribution in [0.3, 0.4) is 0 Å². The first-order chi connectivity index (χ1) is 13.9. The minimum absolute atomic E-state index is 0.0719. The van der Waals surface area contributed by atoms with Crippen molar-refractivity contribution in [3.63, 3.8) is 0 Å². The monoisotopic (exact) mass is 394 g/mol. The van der Waals surface area contributed by atoms with E-state index in [0.29, 0.717) is 12.2 Å². The van der Waals surface area contributed by atoms with E-state index < -0.39 is 0 Å². The van der Waals surface area contributed by atoms with Crippen molar-refractivity contribution in [1.29, 1.82) is 0 Å². The molecule has 0 aliphatic carbocycles. The van der Waals surface area contributed by atoms with E-state index in [1.807, 2.05) is 57.2 Å². The number of hydrogen-bond acceptors (Lipinski definition) is 4. The van der Waals surface area contributed by atoms with Crippen LogP contribution in [0, 0.1) is 6.92 Å². The molecule has 2 aromatic carbocycles. The number of nitrogens with zero attached hydrogens (tertiary/aromatic N) is 1. The van der Waals surface area contributed by atoms with Crippen molar-refractivity contribution in [1.82, 2.24) is 4.90 Å². The smallest absolute Gasteiger partial charge is 0.290 e. The fraction of sp³-hybridized carbons (Fsp3) is 0.304. The quantitative estimate of drug-likeness (QED) is 0.644. The maximum absolute atomic E-state index is 12.9. The molecule has 3 rings (SSSR count). The normalized spacial score (nSPS) is 10.8. The molecule has 1 N–H and O–H groups in total. The number of likely N-dealkylation sites (N-methyl/N-ethyl adjacent to an activating group) is 1. The summed E-state index contributed by atoms with van der Waals surface area (Å²) >= 11 is 0. The Balaban J connectivity index is 1.74. The highest BCUT2D eigenvalue weighted by Crippen LogP contribution is 2.29. The standard InChI is InChI=1S/C23H26N2O4/c1-5-16-9-7-8-10-19(16)24-21(26)14-25(4)23(27)22-15(3)18-13-17(28-6-2)11-12-20(18)29-22/h7-13H,5-6,14H2,1-4H3,(H,24,26). The molecule has 29 heavy (non-hydrogen) atoms. The summed E-state index contributed by atoms with van der Waals surface area (Å²) < 4.78 is 11.3. The van der Waals surface area contributed by atoms with Crippen molar-refractivity contribution in [3.05, 3.63) is 59.4 Å². The van der Waals surface area contributed by atoms with Crippen LogP contribution < -0.4 is 10.1 Å². The zero-order valence-electron chi connectivity index (χ0n) is 17.2. The van der Waals surface area contributed by atoms with Gasteiger partial charge < -0.3 is 19.4 Å². The lowest BCUT2D eigenvalue weighted by Crippen LogP contribution is -2.35. The van der Waals surface area contributed by atoms with Gasteiger partial charge in [-0.25, -0.2) is 0 Å². The highest BCUT2D eigenvalue weighted by atomic mass is 16.5. The van der Waals surface area contributed by atoms with E-state index in [-0.39, 0.29) is 24.1 Å². The van der Waals surface area contributed by atoms with Gasteiger partial charge in [-0.1, -0.05) is 25.1 Å². The van der Waals surface area contributed by atoms with Gasteiger partial charge in [-0.3, -0.25) is 9.59 Å². The van der Waals surface area contributed by atoms with Gasteiger partial charge in [-0.05, 0) is 50.1 Å². The topological polar surface area (TPSA) is 71.8 Å². The van der Waals surface area contributed by atoms with Crippen LogP contribution in [0.2, 0.25) is 0 Å². The molecule has 0 aliphatic heterocycles. The first kappa shape index (κ1) is 20.5. The molecule has 2 amide bonds. The van der Waals surface area contributed by atoms with Gasteiger partial charge >= 0.3 is 0 Å². The minimum Gasteiger partial charge on any atom is -0.494 e. The molecule has 0 aliphatic rings. The van der Waals surface area contributed by atoms with Crippen molar-refractivity contribution < 1.29 is 18.7 Å².